The van der Waals surface area contributed by atoms with Crippen LogP contribution in [0.5, 0.6) is 5.75 Å². The number of halogens is 2. The topological polar surface area (TPSA) is 58.0 Å². The molecule has 1 aromatic heterocycles. The minimum absolute atomic E-state index is 0.252. The van der Waals surface area contributed by atoms with Crippen LogP contribution in [0, 0.1) is 6.92 Å². The standard InChI is InChI=1S/C18H15Cl2N3O/c1-11-6-7-14(21-15-10-17(19)22-23-18(15)20)9-13(11)8-12-4-2-3-5-16(12)24/h2-7,9-10,24H,8H2,1H3,(H,21,22). The molecule has 0 aliphatic rings. The van der Waals surface area contributed by atoms with E-state index >= 15 is 0 Å². The van der Waals surface area contributed by atoms with Crippen molar-refractivity contribution in [1.82, 2.24) is 10.2 Å². The maximum atomic E-state index is 9.97. The number of aromatic hydroxyl groups is 1. The smallest absolute Gasteiger partial charge is 0.175 e. The van der Waals surface area contributed by atoms with Crippen LogP contribution in [-0.2, 0) is 6.42 Å². The van der Waals surface area contributed by atoms with Crippen molar-refractivity contribution in [3.8, 4) is 5.75 Å². The first kappa shape index (κ1) is 16.6. The molecule has 1 heterocycles. The highest BCUT2D eigenvalue weighted by atomic mass is 35.5. The summed E-state index contributed by atoms with van der Waals surface area (Å²) in [6, 6.07) is 14.9. The van der Waals surface area contributed by atoms with E-state index in [0.717, 1.165) is 22.4 Å². The number of hydrogen-bond acceptors (Lipinski definition) is 4. The van der Waals surface area contributed by atoms with Crippen molar-refractivity contribution in [3.05, 3.63) is 75.5 Å². The van der Waals surface area contributed by atoms with Crippen LogP contribution in [0.4, 0.5) is 11.4 Å². The third kappa shape index (κ3) is 3.78. The number of aryl methyl sites for hydroxylation is 1. The average molecular weight is 360 g/mol. The summed E-state index contributed by atoms with van der Waals surface area (Å²) in [6.45, 7) is 2.04. The first-order valence-electron chi connectivity index (χ1n) is 7.35. The maximum absolute atomic E-state index is 9.97. The van der Waals surface area contributed by atoms with E-state index in [1.54, 1.807) is 12.1 Å². The van der Waals surface area contributed by atoms with Crippen LogP contribution in [0.15, 0.2) is 48.5 Å². The van der Waals surface area contributed by atoms with Crippen LogP contribution in [0.2, 0.25) is 10.3 Å². The third-order valence-electron chi connectivity index (χ3n) is 3.72. The molecule has 0 aliphatic carbocycles. The number of phenolic OH excluding ortho intramolecular Hbond substituents is 1. The minimum Gasteiger partial charge on any atom is -0.508 e. The van der Waals surface area contributed by atoms with E-state index in [2.05, 4.69) is 15.5 Å². The first-order chi connectivity index (χ1) is 11.5. The van der Waals surface area contributed by atoms with Gasteiger partial charge < -0.3 is 10.4 Å². The van der Waals surface area contributed by atoms with Crippen molar-refractivity contribution < 1.29 is 5.11 Å². The number of nitrogens with zero attached hydrogens (tertiary/aromatic N) is 2. The lowest BCUT2D eigenvalue weighted by Crippen LogP contribution is -1.98. The van der Waals surface area contributed by atoms with Gasteiger partial charge in [-0.2, -0.15) is 0 Å². The molecule has 0 aliphatic heterocycles. The number of para-hydroxylation sites is 1. The molecule has 122 valence electrons. The van der Waals surface area contributed by atoms with Gasteiger partial charge in [0.15, 0.2) is 10.3 Å². The molecule has 0 fully saturated rings. The molecule has 2 aromatic carbocycles. The Morgan fingerprint density at radius 3 is 2.58 bits per heavy atom. The Morgan fingerprint density at radius 2 is 1.79 bits per heavy atom. The van der Waals surface area contributed by atoms with Gasteiger partial charge in [-0.1, -0.05) is 47.5 Å². The van der Waals surface area contributed by atoms with Gasteiger partial charge in [0.1, 0.15) is 5.75 Å². The van der Waals surface area contributed by atoms with Gasteiger partial charge in [-0.3, -0.25) is 0 Å². The van der Waals surface area contributed by atoms with Crippen molar-refractivity contribution in [2.75, 3.05) is 5.32 Å². The van der Waals surface area contributed by atoms with E-state index < -0.39 is 0 Å². The number of hydrogen-bond donors (Lipinski definition) is 2. The number of anilines is 2. The molecule has 0 atom stereocenters. The molecular weight excluding hydrogens is 345 g/mol. The van der Waals surface area contributed by atoms with E-state index in [9.17, 15) is 5.11 Å². The summed E-state index contributed by atoms with van der Waals surface area (Å²) in [4.78, 5) is 0. The molecular formula is C18H15Cl2N3O. The number of nitrogens with one attached hydrogen (secondary N) is 1. The number of benzene rings is 2. The SMILES string of the molecule is Cc1ccc(Nc2cc(Cl)nnc2Cl)cc1Cc1ccccc1O. The summed E-state index contributed by atoms with van der Waals surface area (Å²) < 4.78 is 0. The van der Waals surface area contributed by atoms with Crippen LogP contribution >= 0.6 is 23.2 Å². The van der Waals surface area contributed by atoms with Gasteiger partial charge in [0.05, 0.1) is 5.69 Å². The minimum atomic E-state index is 0.252. The van der Waals surface area contributed by atoms with E-state index in [1.165, 1.54) is 0 Å². The lowest BCUT2D eigenvalue weighted by molar-refractivity contribution is 0.469. The molecule has 0 radical (unpaired) electrons. The van der Waals surface area contributed by atoms with Crippen molar-refractivity contribution >= 4 is 34.6 Å². The highest BCUT2D eigenvalue weighted by Crippen LogP contribution is 2.28. The van der Waals surface area contributed by atoms with Crippen LogP contribution in [-0.4, -0.2) is 15.3 Å². The fraction of sp³-hybridized carbons (Fsp3) is 0.111. The van der Waals surface area contributed by atoms with Gasteiger partial charge in [-0.05, 0) is 41.8 Å². The summed E-state index contributed by atoms with van der Waals surface area (Å²) in [6.07, 6.45) is 0.636. The van der Waals surface area contributed by atoms with Crippen LogP contribution in [0.1, 0.15) is 16.7 Å². The summed E-state index contributed by atoms with van der Waals surface area (Å²) in [5.41, 5.74) is 4.57. The summed E-state index contributed by atoms with van der Waals surface area (Å²) in [5.74, 6) is 0.295. The monoisotopic (exact) mass is 359 g/mol. The summed E-state index contributed by atoms with van der Waals surface area (Å²) in [7, 11) is 0. The second kappa shape index (κ2) is 7.07. The molecule has 6 heteroatoms. The van der Waals surface area contributed by atoms with Gasteiger partial charge in [-0.25, -0.2) is 0 Å². The zero-order chi connectivity index (χ0) is 17.1. The van der Waals surface area contributed by atoms with Crippen molar-refractivity contribution in [2.45, 2.75) is 13.3 Å². The predicted octanol–water partition coefficient (Wildman–Crippen LogP) is 5.13. The normalized spacial score (nSPS) is 10.6. The molecule has 2 N–H and O–H groups in total. The second-order valence-corrected chi connectivity index (χ2v) is 6.19. The molecule has 0 spiro atoms. The van der Waals surface area contributed by atoms with Gasteiger partial charge in [0.2, 0.25) is 0 Å². The molecule has 24 heavy (non-hydrogen) atoms. The predicted molar refractivity (Wildman–Crippen MR) is 97.4 cm³/mol. The molecule has 4 nitrogen and oxygen atoms in total. The lowest BCUT2D eigenvalue weighted by atomic mass is 9.99. The molecule has 0 bridgehead atoms. The second-order valence-electron chi connectivity index (χ2n) is 5.44. The van der Waals surface area contributed by atoms with Crippen LogP contribution in [0.25, 0.3) is 0 Å². The molecule has 3 aromatic rings. The highest BCUT2D eigenvalue weighted by Gasteiger charge is 2.08. The van der Waals surface area contributed by atoms with Gasteiger partial charge in [0.25, 0.3) is 0 Å². The Hall–Kier alpha value is -2.30. The fourth-order valence-electron chi connectivity index (χ4n) is 2.40. The molecule has 0 saturated heterocycles. The number of phenols is 1. The number of aromatic nitrogens is 2. The van der Waals surface area contributed by atoms with Gasteiger partial charge >= 0.3 is 0 Å². The lowest BCUT2D eigenvalue weighted by Gasteiger charge is -2.12. The maximum Gasteiger partial charge on any atom is 0.175 e. The Morgan fingerprint density at radius 1 is 1.00 bits per heavy atom. The Kier molecular flexibility index (Phi) is 4.88. The summed E-state index contributed by atoms with van der Waals surface area (Å²) in [5, 5.41) is 21.2. The van der Waals surface area contributed by atoms with Crippen molar-refractivity contribution in [3.63, 3.8) is 0 Å². The van der Waals surface area contributed by atoms with Crippen molar-refractivity contribution in [1.29, 1.82) is 0 Å². The van der Waals surface area contributed by atoms with Crippen LogP contribution in [0.3, 0.4) is 0 Å². The Labute approximate surface area is 150 Å². The zero-order valence-corrected chi connectivity index (χ0v) is 14.4. The summed E-state index contributed by atoms with van der Waals surface area (Å²) >= 11 is 11.9. The van der Waals surface area contributed by atoms with E-state index in [-0.39, 0.29) is 10.3 Å². The largest absolute Gasteiger partial charge is 0.508 e. The molecule has 0 amide bonds. The third-order valence-corrected chi connectivity index (χ3v) is 4.18. The molecule has 0 saturated carbocycles. The van der Waals surface area contributed by atoms with Crippen molar-refractivity contribution in [2.24, 2.45) is 0 Å². The van der Waals surface area contributed by atoms with E-state index in [4.69, 9.17) is 23.2 Å². The van der Waals surface area contributed by atoms with Crippen LogP contribution < -0.4 is 5.32 Å². The fourth-order valence-corrected chi connectivity index (χ4v) is 2.69. The van der Waals surface area contributed by atoms with Gasteiger partial charge in [0, 0.05) is 18.2 Å². The molecule has 3 rings (SSSR count). The Balaban J connectivity index is 1.89. The first-order valence-corrected chi connectivity index (χ1v) is 8.10. The van der Waals surface area contributed by atoms with E-state index in [1.807, 2.05) is 43.3 Å². The average Bonchev–Trinajstić information content (AvgIpc) is 2.56. The number of rotatable bonds is 4. The molecule has 0 unspecified atom stereocenters. The zero-order valence-electron chi connectivity index (χ0n) is 12.9. The van der Waals surface area contributed by atoms with E-state index in [0.29, 0.717) is 17.9 Å². The quantitative estimate of drug-likeness (QED) is 0.677. The highest BCUT2D eigenvalue weighted by molar-refractivity contribution is 6.33. The van der Waals surface area contributed by atoms with Gasteiger partial charge in [-0.15, -0.1) is 10.2 Å². The Bertz CT molecular complexity index is 884.